The van der Waals surface area contributed by atoms with Crippen molar-refractivity contribution in [1.29, 1.82) is 0 Å². The van der Waals surface area contributed by atoms with Gasteiger partial charge in [-0.3, -0.25) is 0 Å². The highest BCUT2D eigenvalue weighted by Crippen LogP contribution is 2.36. The highest BCUT2D eigenvalue weighted by molar-refractivity contribution is 7.99. The number of rotatable bonds is 4. The Bertz CT molecular complexity index is 697. The maximum Gasteiger partial charge on any atom is 0.257 e. The van der Waals surface area contributed by atoms with Crippen LogP contribution in [0.15, 0.2) is 51.1 Å². The summed E-state index contributed by atoms with van der Waals surface area (Å²) in [6, 6.07) is 11.7. The largest absolute Gasteiger partial charge is 0.419 e. The van der Waals surface area contributed by atoms with Gasteiger partial charge in [-0.25, -0.2) is 0 Å². The molecule has 0 spiro atoms. The molecule has 0 amide bonds. The Kier molecular flexibility index (Phi) is 4.10. The molecule has 0 saturated carbocycles. The Morgan fingerprint density at radius 2 is 2.15 bits per heavy atom. The van der Waals surface area contributed by atoms with Crippen LogP contribution in [0.5, 0.6) is 0 Å². The van der Waals surface area contributed by atoms with Crippen molar-refractivity contribution < 1.29 is 4.42 Å². The van der Waals surface area contributed by atoms with Gasteiger partial charge in [0.25, 0.3) is 5.89 Å². The van der Waals surface area contributed by atoms with Crippen molar-refractivity contribution in [3.63, 3.8) is 0 Å². The van der Waals surface area contributed by atoms with Crippen molar-refractivity contribution in [3.8, 4) is 10.8 Å². The lowest BCUT2D eigenvalue weighted by Gasteiger charge is -2.06. The Morgan fingerprint density at radius 1 is 1.25 bits per heavy atom. The molecule has 0 N–H and O–H groups in total. The predicted molar refractivity (Wildman–Crippen MR) is 83.3 cm³/mol. The van der Waals surface area contributed by atoms with Crippen LogP contribution < -0.4 is 0 Å². The summed E-state index contributed by atoms with van der Waals surface area (Å²) in [5, 5.41) is 11.0. The summed E-state index contributed by atoms with van der Waals surface area (Å²) >= 11 is 9.21. The van der Waals surface area contributed by atoms with Crippen molar-refractivity contribution in [3.05, 3.63) is 52.7 Å². The molecule has 3 aromatic rings. The van der Waals surface area contributed by atoms with Gasteiger partial charge in [-0.1, -0.05) is 23.7 Å². The summed E-state index contributed by atoms with van der Waals surface area (Å²) in [4.78, 5) is 2.07. The molecule has 0 fully saturated rings. The molecule has 102 valence electrons. The lowest BCUT2D eigenvalue weighted by molar-refractivity contribution is 0.510. The van der Waals surface area contributed by atoms with Crippen LogP contribution in [-0.2, 0) is 0 Å². The maximum atomic E-state index is 5.98. The summed E-state index contributed by atoms with van der Waals surface area (Å²) in [5.74, 6) is 1.20. The van der Waals surface area contributed by atoms with Crippen LogP contribution in [0, 0.1) is 0 Å². The third-order valence-electron chi connectivity index (χ3n) is 2.63. The number of benzene rings is 1. The Hall–Kier alpha value is -1.30. The van der Waals surface area contributed by atoms with Crippen molar-refractivity contribution >= 4 is 34.7 Å². The van der Waals surface area contributed by atoms with E-state index in [0.29, 0.717) is 11.8 Å². The second-order valence-corrected chi connectivity index (χ2v) is 6.94. The van der Waals surface area contributed by atoms with Crippen LogP contribution in [0.3, 0.4) is 0 Å². The number of hydrogen-bond donors (Lipinski definition) is 0. The van der Waals surface area contributed by atoms with Crippen molar-refractivity contribution in [1.82, 2.24) is 10.2 Å². The molecule has 3 rings (SSSR count). The summed E-state index contributed by atoms with van der Waals surface area (Å²) in [5.41, 5.74) is 0. The van der Waals surface area contributed by atoms with E-state index in [0.717, 1.165) is 14.8 Å². The third kappa shape index (κ3) is 3.06. The zero-order valence-corrected chi connectivity index (χ0v) is 13.0. The quantitative estimate of drug-likeness (QED) is 0.610. The van der Waals surface area contributed by atoms with E-state index in [4.69, 9.17) is 16.0 Å². The van der Waals surface area contributed by atoms with Gasteiger partial charge in [0.2, 0.25) is 5.89 Å². The number of aromatic nitrogens is 2. The van der Waals surface area contributed by atoms with Crippen molar-refractivity contribution in [2.45, 2.75) is 17.1 Å². The second-order valence-electron chi connectivity index (χ2n) is 4.14. The highest BCUT2D eigenvalue weighted by atomic mass is 35.5. The van der Waals surface area contributed by atoms with Gasteiger partial charge in [0.05, 0.1) is 10.1 Å². The number of thiophene rings is 1. The fourth-order valence-electron chi connectivity index (χ4n) is 1.69. The molecule has 20 heavy (non-hydrogen) atoms. The minimum absolute atomic E-state index is 0.0784. The van der Waals surface area contributed by atoms with E-state index in [9.17, 15) is 0 Å². The number of thioether (sulfide) groups is 1. The number of halogens is 1. The van der Waals surface area contributed by atoms with Gasteiger partial charge in [0.15, 0.2) is 0 Å². The first-order valence-corrected chi connectivity index (χ1v) is 8.15. The van der Waals surface area contributed by atoms with Gasteiger partial charge in [-0.15, -0.1) is 33.3 Å². The first-order valence-electron chi connectivity index (χ1n) is 6.02. The van der Waals surface area contributed by atoms with Crippen LogP contribution in [-0.4, -0.2) is 10.2 Å². The SMILES string of the molecule is CC(Sc1cccc(Cl)c1)c1nnc(-c2cccs2)o1. The van der Waals surface area contributed by atoms with E-state index >= 15 is 0 Å². The minimum Gasteiger partial charge on any atom is -0.419 e. The molecule has 1 unspecified atom stereocenters. The van der Waals surface area contributed by atoms with Gasteiger partial charge < -0.3 is 4.42 Å². The van der Waals surface area contributed by atoms with Crippen molar-refractivity contribution in [2.75, 3.05) is 0 Å². The third-order valence-corrected chi connectivity index (χ3v) is 4.80. The van der Waals surface area contributed by atoms with Crippen LogP contribution in [0.2, 0.25) is 5.02 Å². The Morgan fingerprint density at radius 3 is 2.90 bits per heavy atom. The molecule has 0 bridgehead atoms. The van der Waals surface area contributed by atoms with Gasteiger partial charge in [-0.2, -0.15) is 0 Å². The molecule has 0 aliphatic rings. The molecule has 0 radical (unpaired) electrons. The van der Waals surface area contributed by atoms with Crippen LogP contribution in [0.25, 0.3) is 10.8 Å². The Labute approximate surface area is 130 Å². The molecule has 0 saturated heterocycles. The molecule has 2 aromatic heterocycles. The zero-order valence-electron chi connectivity index (χ0n) is 10.6. The molecule has 6 heteroatoms. The lowest BCUT2D eigenvalue weighted by atomic mass is 10.4. The Balaban J connectivity index is 1.76. The number of hydrogen-bond acceptors (Lipinski definition) is 5. The summed E-state index contributed by atoms with van der Waals surface area (Å²) in [6.07, 6.45) is 0. The molecule has 1 atom stereocenters. The van der Waals surface area contributed by atoms with Crippen LogP contribution in [0.4, 0.5) is 0 Å². The molecule has 1 aromatic carbocycles. The normalized spacial score (nSPS) is 12.5. The summed E-state index contributed by atoms with van der Waals surface area (Å²) in [7, 11) is 0. The maximum absolute atomic E-state index is 5.98. The molecule has 0 aliphatic carbocycles. The first kappa shape index (κ1) is 13.7. The van der Waals surface area contributed by atoms with E-state index < -0.39 is 0 Å². The molecule has 0 aliphatic heterocycles. The second kappa shape index (κ2) is 5.99. The van der Waals surface area contributed by atoms with Gasteiger partial charge >= 0.3 is 0 Å². The molecular formula is C14H11ClN2OS2. The van der Waals surface area contributed by atoms with Gasteiger partial charge in [-0.05, 0) is 36.6 Å². The standard InChI is InChI=1S/C14H11ClN2OS2/c1-9(20-11-5-2-4-10(15)8-11)13-16-17-14(18-13)12-6-3-7-19-12/h2-9H,1H3. The topological polar surface area (TPSA) is 38.9 Å². The monoisotopic (exact) mass is 322 g/mol. The van der Waals surface area contributed by atoms with E-state index in [1.165, 1.54) is 0 Å². The predicted octanol–water partition coefficient (Wildman–Crippen LogP) is 5.30. The van der Waals surface area contributed by atoms with E-state index in [1.807, 2.05) is 48.7 Å². The average Bonchev–Trinajstić information content (AvgIpc) is 3.10. The smallest absolute Gasteiger partial charge is 0.257 e. The molecular weight excluding hydrogens is 312 g/mol. The van der Waals surface area contributed by atoms with Crippen LogP contribution in [0.1, 0.15) is 18.1 Å². The first-order chi connectivity index (χ1) is 9.72. The van der Waals surface area contributed by atoms with Crippen molar-refractivity contribution in [2.24, 2.45) is 0 Å². The molecule has 2 heterocycles. The zero-order chi connectivity index (χ0) is 13.9. The van der Waals surface area contributed by atoms with E-state index in [1.54, 1.807) is 23.1 Å². The summed E-state index contributed by atoms with van der Waals surface area (Å²) in [6.45, 7) is 2.04. The fourth-order valence-corrected chi connectivity index (χ4v) is 3.55. The van der Waals surface area contributed by atoms with E-state index in [-0.39, 0.29) is 5.25 Å². The van der Waals surface area contributed by atoms with Crippen LogP contribution >= 0.6 is 34.7 Å². The van der Waals surface area contributed by atoms with Gasteiger partial charge in [0, 0.05) is 9.92 Å². The minimum atomic E-state index is 0.0784. The highest BCUT2D eigenvalue weighted by Gasteiger charge is 2.16. The lowest BCUT2D eigenvalue weighted by Crippen LogP contribution is -1.88. The molecule has 3 nitrogen and oxygen atoms in total. The van der Waals surface area contributed by atoms with Gasteiger partial charge in [0.1, 0.15) is 0 Å². The van der Waals surface area contributed by atoms with E-state index in [2.05, 4.69) is 10.2 Å². The summed E-state index contributed by atoms with van der Waals surface area (Å²) < 4.78 is 5.73. The average molecular weight is 323 g/mol. The number of nitrogens with zero attached hydrogens (tertiary/aromatic N) is 2. The fraction of sp³-hybridized carbons (Fsp3) is 0.143.